The molecule has 47 heavy (non-hydrogen) atoms. The number of carbonyl (C=O) groups is 1. The third-order valence-corrected chi connectivity index (χ3v) is 7.30. The van der Waals surface area contributed by atoms with Crippen LogP contribution in [0.5, 0.6) is 11.5 Å². The molecule has 10 nitrogen and oxygen atoms in total. The summed E-state index contributed by atoms with van der Waals surface area (Å²) in [7, 11) is -0.711. The second-order valence-electron chi connectivity index (χ2n) is 15.0. The van der Waals surface area contributed by atoms with E-state index in [1.807, 2.05) is 65.8 Å². The number of ether oxygens (including phenoxy) is 6. The van der Waals surface area contributed by atoms with Crippen LogP contribution in [0.1, 0.15) is 88.1 Å². The van der Waals surface area contributed by atoms with E-state index in [1.165, 1.54) is 17.0 Å². The largest absolute Gasteiger partial charge is 0.490 e. The van der Waals surface area contributed by atoms with Gasteiger partial charge in [-0.3, -0.25) is 4.90 Å². The van der Waals surface area contributed by atoms with Gasteiger partial charge in [0.05, 0.1) is 17.8 Å². The fourth-order valence-electron chi connectivity index (χ4n) is 5.37. The van der Waals surface area contributed by atoms with Crippen LogP contribution < -0.4 is 9.47 Å². The maximum Gasteiger partial charge on any atom is 0.413 e. The first kappa shape index (κ1) is 38.6. The lowest BCUT2D eigenvalue weighted by Crippen LogP contribution is -2.72. The minimum Gasteiger partial charge on any atom is -0.490 e. The summed E-state index contributed by atoms with van der Waals surface area (Å²) in [5, 5.41) is 0. The van der Waals surface area contributed by atoms with E-state index >= 15 is 0 Å². The summed E-state index contributed by atoms with van der Waals surface area (Å²) in [6.07, 6.45) is -0.0162. The fourth-order valence-corrected chi connectivity index (χ4v) is 5.72. The van der Waals surface area contributed by atoms with Crippen molar-refractivity contribution in [2.45, 2.75) is 123 Å². The number of carbonyl (C=O) groups excluding carboxylic acids is 1. The highest BCUT2D eigenvalue weighted by molar-refractivity contribution is 7.17. The molecule has 1 saturated heterocycles. The lowest BCUT2D eigenvalue weighted by Gasteiger charge is -2.53. The number of aryl methyl sites for hydroxylation is 1. The molecule has 0 radical (unpaired) electrons. The minimum atomic E-state index is -2.05. The van der Waals surface area contributed by atoms with E-state index in [-0.39, 0.29) is 32.1 Å². The average molecular weight is 680 g/mol. The number of hydrogen-bond acceptors (Lipinski definition) is 9. The van der Waals surface area contributed by atoms with Gasteiger partial charge in [-0.15, -0.1) is 0 Å². The Bertz CT molecular complexity index is 1330. The van der Waals surface area contributed by atoms with Gasteiger partial charge in [0.25, 0.3) is 0 Å². The summed E-state index contributed by atoms with van der Waals surface area (Å²) in [4.78, 5) is 15.6. The van der Waals surface area contributed by atoms with Crippen molar-refractivity contribution in [2.24, 2.45) is 0 Å². The fraction of sp³-hybridized carbons (Fsp3) is 0.629. The van der Waals surface area contributed by atoms with E-state index in [2.05, 4.69) is 0 Å². The Balaban J connectivity index is 1.96. The molecule has 1 fully saturated rings. The quantitative estimate of drug-likeness (QED) is 0.117. The average Bonchev–Trinajstić information content (AvgIpc) is 3.19. The number of benzene rings is 2. The van der Waals surface area contributed by atoms with Crippen molar-refractivity contribution in [1.29, 1.82) is 0 Å². The number of amides is 1. The van der Waals surface area contributed by atoms with Crippen LogP contribution in [0.25, 0.3) is 0 Å². The van der Waals surface area contributed by atoms with Crippen LogP contribution in [0.15, 0.2) is 48.5 Å². The second kappa shape index (κ2) is 14.7. The Morgan fingerprint density at radius 3 is 1.96 bits per heavy atom. The van der Waals surface area contributed by atoms with Crippen LogP contribution in [0.4, 0.5) is 9.18 Å². The lowest BCUT2D eigenvalue weighted by molar-refractivity contribution is -0.434. The van der Waals surface area contributed by atoms with Gasteiger partial charge in [0.15, 0.2) is 5.54 Å². The molecule has 1 amide bonds. The topological polar surface area (TPSA) is 102 Å². The highest BCUT2D eigenvalue weighted by Crippen LogP contribution is 2.51. The smallest absolute Gasteiger partial charge is 0.413 e. The summed E-state index contributed by atoms with van der Waals surface area (Å²) < 4.78 is 68.5. The van der Waals surface area contributed by atoms with Crippen LogP contribution in [-0.4, -0.2) is 64.9 Å². The Kier molecular flexibility index (Phi) is 12.1. The van der Waals surface area contributed by atoms with E-state index in [0.717, 1.165) is 5.56 Å². The maximum absolute atomic E-state index is 14.1. The zero-order chi connectivity index (χ0) is 35.3. The summed E-state index contributed by atoms with van der Waals surface area (Å²) in [6, 6.07) is 13.4. The molecule has 1 aliphatic rings. The molecule has 0 saturated carbocycles. The zero-order valence-corrected chi connectivity index (χ0v) is 30.5. The normalized spacial score (nSPS) is 18.8. The Labute approximate surface area is 280 Å². The molecular formula is C35H51FNO9P. The van der Waals surface area contributed by atoms with Gasteiger partial charge >= 0.3 is 20.8 Å². The molecule has 12 heteroatoms. The van der Waals surface area contributed by atoms with Crippen molar-refractivity contribution >= 4 is 14.8 Å². The summed E-state index contributed by atoms with van der Waals surface area (Å²) in [5.41, 5.74) is -4.29. The molecule has 262 valence electrons. The van der Waals surface area contributed by atoms with E-state index in [1.54, 1.807) is 46.8 Å². The molecule has 0 aliphatic carbocycles. The van der Waals surface area contributed by atoms with Gasteiger partial charge in [-0.25, -0.2) is 18.3 Å². The molecule has 1 heterocycles. The third kappa shape index (κ3) is 10.6. The van der Waals surface area contributed by atoms with Crippen LogP contribution in [0.2, 0.25) is 0 Å². The van der Waals surface area contributed by atoms with Gasteiger partial charge in [-0.1, -0.05) is 18.2 Å². The van der Waals surface area contributed by atoms with E-state index in [0.29, 0.717) is 17.9 Å². The predicted molar refractivity (Wildman–Crippen MR) is 176 cm³/mol. The molecule has 1 atom stereocenters. The van der Waals surface area contributed by atoms with Crippen LogP contribution in [0.3, 0.4) is 0 Å². The van der Waals surface area contributed by atoms with Gasteiger partial charge in [0.1, 0.15) is 41.9 Å². The van der Waals surface area contributed by atoms with Crippen molar-refractivity contribution in [1.82, 2.24) is 4.90 Å². The SMILES string of the molecule is CC(C)(C)OC(=O)N1C(C)(C)OC[C@]1(CCc1ccc(OCCOc2cccc(F)c2)cc1)C(OP=O)(OC(C)(C)C)OC(C)(C)C. The predicted octanol–water partition coefficient (Wildman–Crippen LogP) is 8.47. The molecule has 0 spiro atoms. The van der Waals surface area contributed by atoms with Gasteiger partial charge in [0, 0.05) is 6.07 Å². The molecule has 3 rings (SSSR count). The van der Waals surface area contributed by atoms with Gasteiger partial charge in [-0.05, 0) is 119 Å². The van der Waals surface area contributed by atoms with E-state index < -0.39 is 48.8 Å². The first-order valence-electron chi connectivity index (χ1n) is 15.8. The van der Waals surface area contributed by atoms with E-state index in [4.69, 9.17) is 32.9 Å². The van der Waals surface area contributed by atoms with Crippen LogP contribution in [-0.2, 0) is 34.5 Å². The summed E-state index contributed by atoms with van der Waals surface area (Å²) in [6.45, 7) is 20.3. The zero-order valence-electron chi connectivity index (χ0n) is 29.6. The second-order valence-corrected chi connectivity index (χ2v) is 15.4. The van der Waals surface area contributed by atoms with Crippen molar-refractivity contribution < 1.29 is 46.7 Å². The number of hydrogen-bond donors (Lipinski definition) is 0. The third-order valence-electron chi connectivity index (χ3n) is 6.98. The van der Waals surface area contributed by atoms with E-state index in [9.17, 15) is 13.8 Å². The van der Waals surface area contributed by atoms with Crippen LogP contribution in [0, 0.1) is 5.82 Å². The monoisotopic (exact) mass is 679 g/mol. The molecule has 1 aliphatic heterocycles. The first-order chi connectivity index (χ1) is 21.6. The van der Waals surface area contributed by atoms with Gasteiger partial charge in [-0.2, -0.15) is 0 Å². The Morgan fingerprint density at radius 2 is 1.45 bits per heavy atom. The summed E-state index contributed by atoms with van der Waals surface area (Å²) >= 11 is 0. The number of halogens is 1. The molecule has 0 unspecified atom stereocenters. The number of nitrogens with zero attached hydrogens (tertiary/aromatic N) is 1. The van der Waals surface area contributed by atoms with Gasteiger partial charge in [0.2, 0.25) is 0 Å². The number of rotatable bonds is 13. The van der Waals surface area contributed by atoms with Crippen molar-refractivity contribution in [2.75, 3.05) is 19.8 Å². The molecule has 2 aromatic rings. The minimum absolute atomic E-state index is 0.0621. The first-order valence-corrected chi connectivity index (χ1v) is 16.5. The Hall–Kier alpha value is -2.82. The van der Waals surface area contributed by atoms with Crippen molar-refractivity contribution in [3.05, 3.63) is 59.9 Å². The highest BCUT2D eigenvalue weighted by Gasteiger charge is 2.70. The molecule has 0 aromatic heterocycles. The standard InChI is InChI=1S/C35H51FNO9P/c1-30(2,3)43-29(38)37-33(10,11)42-24-34(37,35(46-47-39,44-31(4,5)6)45-32(7,8)9)20-19-25-15-17-27(18-16-25)40-21-22-41-28-14-12-13-26(36)23-28/h12-18,23H,19-22,24H2,1-11H3/t34-/m1/s1. The molecule has 0 bridgehead atoms. The van der Waals surface area contributed by atoms with Gasteiger partial charge < -0.3 is 28.4 Å². The van der Waals surface area contributed by atoms with Crippen LogP contribution >= 0.6 is 8.69 Å². The molecule has 2 aromatic carbocycles. The molecule has 0 N–H and O–H groups in total. The lowest BCUT2D eigenvalue weighted by atomic mass is 9.86. The highest BCUT2D eigenvalue weighted by atomic mass is 31.1. The van der Waals surface area contributed by atoms with Crippen molar-refractivity contribution in [3.8, 4) is 11.5 Å². The summed E-state index contributed by atoms with van der Waals surface area (Å²) in [5.74, 6) is -1.36. The Morgan fingerprint density at radius 1 is 0.872 bits per heavy atom. The van der Waals surface area contributed by atoms with Crippen molar-refractivity contribution in [3.63, 3.8) is 0 Å². The maximum atomic E-state index is 14.1. The molecular weight excluding hydrogens is 628 g/mol.